The molecule has 0 spiro atoms. The van der Waals surface area contributed by atoms with Crippen LogP contribution in [0.1, 0.15) is 36.8 Å². The lowest BCUT2D eigenvalue weighted by Gasteiger charge is -2.24. The van der Waals surface area contributed by atoms with Crippen LogP contribution in [0.5, 0.6) is 0 Å². The van der Waals surface area contributed by atoms with E-state index in [-0.39, 0.29) is 5.92 Å². The second kappa shape index (κ2) is 7.83. The van der Waals surface area contributed by atoms with Gasteiger partial charge in [0.1, 0.15) is 17.2 Å². The molecular weight excluding hydrogens is 458 g/mol. The molecule has 9 heteroatoms. The minimum Gasteiger partial charge on any atom is -0.456 e. The van der Waals surface area contributed by atoms with Crippen molar-refractivity contribution in [1.82, 2.24) is 0 Å². The number of furan rings is 1. The van der Waals surface area contributed by atoms with E-state index in [9.17, 15) is 16.8 Å². The predicted octanol–water partition coefficient (Wildman–Crippen LogP) is 4.96. The molecule has 0 amide bonds. The summed E-state index contributed by atoms with van der Waals surface area (Å²) in [6.45, 7) is 2.04. The van der Waals surface area contributed by atoms with Gasteiger partial charge < -0.3 is 4.42 Å². The molecular formula is C22H24ClNO5S2. The van der Waals surface area contributed by atoms with Crippen LogP contribution >= 0.6 is 11.6 Å². The van der Waals surface area contributed by atoms with Crippen LogP contribution in [0.15, 0.2) is 40.8 Å². The van der Waals surface area contributed by atoms with Gasteiger partial charge in [-0.25, -0.2) is 16.8 Å². The smallest absolute Gasteiger partial charge is 0.233 e. The molecule has 6 nitrogen and oxygen atoms in total. The molecule has 1 fully saturated rings. The van der Waals surface area contributed by atoms with Crippen molar-refractivity contribution >= 4 is 48.1 Å². The first kappa shape index (κ1) is 22.2. The minimum atomic E-state index is -3.82. The third-order valence-electron chi connectivity index (χ3n) is 5.44. The molecule has 0 N–H and O–H groups in total. The van der Waals surface area contributed by atoms with Crippen molar-refractivity contribution in [3.63, 3.8) is 0 Å². The van der Waals surface area contributed by atoms with Gasteiger partial charge in [0.2, 0.25) is 10.0 Å². The normalized spacial score (nSPS) is 14.8. The maximum atomic E-state index is 12.5. The summed E-state index contributed by atoms with van der Waals surface area (Å²) < 4.78 is 56.2. The van der Waals surface area contributed by atoms with Crippen LogP contribution in [0, 0.1) is 0 Å². The molecule has 2 aromatic carbocycles. The highest BCUT2D eigenvalue weighted by molar-refractivity contribution is 7.95. The number of benzene rings is 2. The number of rotatable bonds is 7. The van der Waals surface area contributed by atoms with E-state index in [1.54, 1.807) is 18.2 Å². The number of fused-ring (bicyclic) bond motifs is 1. The molecule has 1 aromatic heterocycles. The maximum Gasteiger partial charge on any atom is 0.233 e. The van der Waals surface area contributed by atoms with E-state index in [0.29, 0.717) is 22.1 Å². The Hall–Kier alpha value is -2.03. The van der Waals surface area contributed by atoms with Crippen molar-refractivity contribution in [2.45, 2.75) is 32.1 Å². The quantitative estimate of drug-likeness (QED) is 0.476. The zero-order valence-corrected chi connectivity index (χ0v) is 19.9. The third kappa shape index (κ3) is 4.61. The summed E-state index contributed by atoms with van der Waals surface area (Å²) in [5.74, 6) is 0.312. The zero-order chi connectivity index (χ0) is 22.6. The summed E-state index contributed by atoms with van der Waals surface area (Å²) in [6.07, 6.45) is 4.67. The van der Waals surface area contributed by atoms with E-state index >= 15 is 0 Å². The van der Waals surface area contributed by atoms with Crippen molar-refractivity contribution < 1.29 is 21.3 Å². The van der Waals surface area contributed by atoms with Gasteiger partial charge in [-0.15, -0.1) is 0 Å². The van der Waals surface area contributed by atoms with Gasteiger partial charge in [-0.05, 0) is 61.1 Å². The van der Waals surface area contributed by atoms with E-state index in [1.165, 1.54) is 0 Å². The van der Waals surface area contributed by atoms with Gasteiger partial charge in [-0.3, -0.25) is 4.31 Å². The second-order valence-corrected chi connectivity index (χ2v) is 12.6. The molecule has 0 aliphatic heterocycles. The number of nitrogens with zero attached hydrogens (tertiary/aromatic N) is 1. The molecule has 166 valence electrons. The Kier molecular flexibility index (Phi) is 5.60. The van der Waals surface area contributed by atoms with Crippen molar-refractivity contribution in [2.75, 3.05) is 22.7 Å². The van der Waals surface area contributed by atoms with Crippen LogP contribution in [-0.4, -0.2) is 35.2 Å². The molecule has 0 atom stereocenters. The summed E-state index contributed by atoms with van der Waals surface area (Å²) in [5.41, 5.74) is 3.66. The van der Waals surface area contributed by atoms with Gasteiger partial charge in [-0.1, -0.05) is 18.5 Å². The fourth-order valence-electron chi connectivity index (χ4n) is 3.88. The summed E-state index contributed by atoms with van der Waals surface area (Å²) in [5, 5.41) is 1.55. The molecule has 1 aliphatic rings. The SMILES string of the molecule is CCc1c(-c2ccc(Cl)cc2)oc2cc(N(CS(C)(=O)=O)S(C)(=O)=O)c(C3CC3)cc12. The Morgan fingerprint density at radius 3 is 2.23 bits per heavy atom. The minimum absolute atomic E-state index is 0.210. The predicted molar refractivity (Wildman–Crippen MR) is 125 cm³/mol. The number of aryl methyl sites for hydroxylation is 1. The van der Waals surface area contributed by atoms with Gasteiger partial charge in [0.05, 0.1) is 11.9 Å². The highest BCUT2D eigenvalue weighted by Gasteiger charge is 2.33. The highest BCUT2D eigenvalue weighted by Crippen LogP contribution is 2.48. The first-order chi connectivity index (χ1) is 14.5. The number of hydrogen-bond acceptors (Lipinski definition) is 5. The monoisotopic (exact) mass is 481 g/mol. The molecule has 0 saturated heterocycles. The van der Waals surface area contributed by atoms with Crippen LogP contribution in [-0.2, 0) is 26.3 Å². The number of hydrogen-bond donors (Lipinski definition) is 0. The highest BCUT2D eigenvalue weighted by atomic mass is 35.5. The van der Waals surface area contributed by atoms with Gasteiger partial charge >= 0.3 is 0 Å². The average molecular weight is 482 g/mol. The maximum absolute atomic E-state index is 12.5. The first-order valence-electron chi connectivity index (χ1n) is 9.98. The Morgan fingerprint density at radius 1 is 1.06 bits per heavy atom. The lowest BCUT2D eigenvalue weighted by atomic mass is 10.00. The van der Waals surface area contributed by atoms with Crippen molar-refractivity contribution in [1.29, 1.82) is 0 Å². The molecule has 1 saturated carbocycles. The zero-order valence-electron chi connectivity index (χ0n) is 17.6. The first-order valence-corrected chi connectivity index (χ1v) is 14.3. The standard InChI is InChI=1S/C22H24ClNO5S2/c1-4-17-19-11-18(14-5-6-14)20(24(31(3,27)28)13-30(2,25)26)12-21(19)29-22(17)15-7-9-16(23)10-8-15/h7-12,14H,4-6,13H2,1-3H3. The Morgan fingerprint density at radius 2 is 1.71 bits per heavy atom. The van der Waals surface area contributed by atoms with Crippen LogP contribution in [0.3, 0.4) is 0 Å². The van der Waals surface area contributed by atoms with Gasteiger partial charge in [-0.2, -0.15) is 0 Å². The van der Waals surface area contributed by atoms with Crippen LogP contribution in [0.4, 0.5) is 5.69 Å². The molecule has 31 heavy (non-hydrogen) atoms. The Balaban J connectivity index is 1.96. The van der Waals surface area contributed by atoms with Crippen molar-refractivity contribution in [3.05, 3.63) is 52.5 Å². The molecule has 1 aliphatic carbocycles. The fraction of sp³-hybridized carbons (Fsp3) is 0.364. The summed E-state index contributed by atoms with van der Waals surface area (Å²) >= 11 is 6.02. The summed E-state index contributed by atoms with van der Waals surface area (Å²) in [6, 6.07) is 11.0. The number of anilines is 1. The summed E-state index contributed by atoms with van der Waals surface area (Å²) in [7, 11) is -7.40. The lowest BCUT2D eigenvalue weighted by molar-refractivity contribution is 0.589. The second-order valence-electron chi connectivity index (χ2n) is 8.12. The van der Waals surface area contributed by atoms with Crippen molar-refractivity contribution in [2.24, 2.45) is 0 Å². The van der Waals surface area contributed by atoms with Crippen LogP contribution in [0.25, 0.3) is 22.3 Å². The van der Waals surface area contributed by atoms with E-state index < -0.39 is 25.7 Å². The van der Waals surface area contributed by atoms with Gasteiger partial charge in [0.15, 0.2) is 9.84 Å². The lowest BCUT2D eigenvalue weighted by Crippen LogP contribution is -2.35. The molecule has 0 unspecified atom stereocenters. The molecule has 1 heterocycles. The molecule has 0 radical (unpaired) electrons. The van der Waals surface area contributed by atoms with Crippen molar-refractivity contribution in [3.8, 4) is 11.3 Å². The number of halogens is 1. The largest absolute Gasteiger partial charge is 0.456 e. The van der Waals surface area contributed by atoms with Crippen LogP contribution in [0.2, 0.25) is 5.02 Å². The molecule has 4 rings (SSSR count). The van der Waals surface area contributed by atoms with Gasteiger partial charge in [0.25, 0.3) is 0 Å². The molecule has 3 aromatic rings. The third-order valence-corrected chi connectivity index (χ3v) is 7.71. The topological polar surface area (TPSA) is 84.7 Å². The fourth-order valence-corrected chi connectivity index (χ4v) is 6.43. The number of sulfone groups is 1. The Bertz CT molecular complexity index is 1360. The van der Waals surface area contributed by atoms with E-state index in [4.69, 9.17) is 16.0 Å². The average Bonchev–Trinajstić information content (AvgIpc) is 3.45. The van der Waals surface area contributed by atoms with E-state index in [2.05, 4.69) is 0 Å². The van der Waals surface area contributed by atoms with Crippen LogP contribution < -0.4 is 4.31 Å². The summed E-state index contributed by atoms with van der Waals surface area (Å²) in [4.78, 5) is 0. The Labute approximate surface area is 187 Å². The van der Waals surface area contributed by atoms with E-state index in [0.717, 1.165) is 58.2 Å². The molecule has 0 bridgehead atoms. The number of sulfonamides is 1. The van der Waals surface area contributed by atoms with E-state index in [1.807, 2.05) is 25.1 Å². The van der Waals surface area contributed by atoms with Gasteiger partial charge in [0, 0.05) is 33.9 Å².